The van der Waals surface area contributed by atoms with E-state index in [9.17, 15) is 9.59 Å². The SMILES string of the molecule is CC(=O)N1CCC[C@@H]1C(=O)N(C)c1ccc2cc(-c3n[nH]c4c3CCC(C)(C)C4)[nH]c2c1. The van der Waals surface area contributed by atoms with E-state index in [2.05, 4.69) is 35.1 Å². The molecule has 0 spiro atoms. The van der Waals surface area contributed by atoms with Gasteiger partial charge in [-0.2, -0.15) is 5.10 Å². The van der Waals surface area contributed by atoms with Crippen LogP contribution in [0.3, 0.4) is 0 Å². The molecule has 7 nitrogen and oxygen atoms in total. The maximum absolute atomic E-state index is 13.1. The Balaban J connectivity index is 1.42. The standard InChI is InChI=1S/C25H31N5O2/c1-15(31)30-11-5-6-22(30)24(32)29(4)17-8-7-16-12-20(26-19(16)13-17)23-18-9-10-25(2,3)14-21(18)27-28-23/h7-8,12-13,22,26H,5-6,9-11,14H2,1-4H3,(H,27,28)/t22-/m1/s1. The number of rotatable bonds is 3. The summed E-state index contributed by atoms with van der Waals surface area (Å²) in [6, 6.07) is 7.77. The van der Waals surface area contributed by atoms with Crippen LogP contribution < -0.4 is 4.90 Å². The van der Waals surface area contributed by atoms with E-state index in [4.69, 9.17) is 0 Å². The summed E-state index contributed by atoms with van der Waals surface area (Å²) in [6.07, 6.45) is 4.79. The molecule has 0 bridgehead atoms. The lowest BCUT2D eigenvalue weighted by Crippen LogP contribution is -2.46. The van der Waals surface area contributed by atoms with E-state index in [-0.39, 0.29) is 17.9 Å². The van der Waals surface area contributed by atoms with Crippen molar-refractivity contribution in [3.8, 4) is 11.4 Å². The number of likely N-dealkylation sites (tertiary alicyclic amines) is 1. The fraction of sp³-hybridized carbons (Fsp3) is 0.480. The van der Waals surface area contributed by atoms with Crippen LogP contribution in [0.4, 0.5) is 5.69 Å². The molecule has 0 unspecified atom stereocenters. The number of benzene rings is 1. The van der Waals surface area contributed by atoms with Crippen LogP contribution in [0.2, 0.25) is 0 Å². The monoisotopic (exact) mass is 433 g/mol. The van der Waals surface area contributed by atoms with E-state index >= 15 is 0 Å². The van der Waals surface area contributed by atoms with E-state index in [1.165, 1.54) is 18.2 Å². The molecule has 32 heavy (non-hydrogen) atoms. The van der Waals surface area contributed by atoms with Gasteiger partial charge in [-0.25, -0.2) is 0 Å². The Kier molecular flexibility index (Phi) is 4.87. The van der Waals surface area contributed by atoms with Crippen molar-refractivity contribution in [3.05, 3.63) is 35.5 Å². The Morgan fingerprint density at radius 2 is 2.06 bits per heavy atom. The van der Waals surface area contributed by atoms with Crippen LogP contribution in [0, 0.1) is 5.41 Å². The van der Waals surface area contributed by atoms with E-state index in [0.29, 0.717) is 12.0 Å². The Morgan fingerprint density at radius 3 is 2.84 bits per heavy atom. The minimum absolute atomic E-state index is 0.0344. The molecule has 1 fully saturated rings. The van der Waals surface area contributed by atoms with Crippen molar-refractivity contribution in [3.63, 3.8) is 0 Å². The van der Waals surface area contributed by atoms with E-state index in [1.807, 2.05) is 18.2 Å². The van der Waals surface area contributed by atoms with Crippen molar-refractivity contribution in [2.75, 3.05) is 18.5 Å². The largest absolute Gasteiger partial charge is 0.353 e. The molecule has 7 heteroatoms. The Hall–Kier alpha value is -3.09. The summed E-state index contributed by atoms with van der Waals surface area (Å²) in [6.45, 7) is 6.80. The van der Waals surface area contributed by atoms with E-state index in [0.717, 1.165) is 60.1 Å². The number of nitrogens with zero attached hydrogens (tertiary/aromatic N) is 3. The first-order valence-electron chi connectivity index (χ1n) is 11.5. The summed E-state index contributed by atoms with van der Waals surface area (Å²) in [5, 5.41) is 8.98. The van der Waals surface area contributed by atoms with Gasteiger partial charge in [0.05, 0.1) is 5.69 Å². The fourth-order valence-corrected chi connectivity index (χ4v) is 5.27. The number of likely N-dealkylation sites (N-methyl/N-ethyl adjacent to an activating group) is 1. The average molecular weight is 434 g/mol. The summed E-state index contributed by atoms with van der Waals surface area (Å²) in [7, 11) is 1.79. The van der Waals surface area contributed by atoms with Gasteiger partial charge < -0.3 is 14.8 Å². The molecule has 3 aromatic rings. The zero-order valence-corrected chi connectivity index (χ0v) is 19.3. The summed E-state index contributed by atoms with van der Waals surface area (Å²) in [4.78, 5) is 31.9. The lowest BCUT2D eigenvalue weighted by Gasteiger charge is -2.28. The minimum Gasteiger partial charge on any atom is -0.353 e. The third-order valence-corrected chi connectivity index (χ3v) is 7.18. The van der Waals surface area contributed by atoms with E-state index < -0.39 is 0 Å². The lowest BCUT2D eigenvalue weighted by molar-refractivity contribution is -0.135. The number of fused-ring (bicyclic) bond motifs is 2. The molecule has 2 N–H and O–H groups in total. The number of hydrogen-bond acceptors (Lipinski definition) is 3. The zero-order chi connectivity index (χ0) is 22.6. The molecule has 2 aliphatic rings. The van der Waals surface area contributed by atoms with Crippen LogP contribution in [0.15, 0.2) is 24.3 Å². The summed E-state index contributed by atoms with van der Waals surface area (Å²) in [5.74, 6) is -0.0720. The van der Waals surface area contributed by atoms with Gasteiger partial charge in [0.15, 0.2) is 0 Å². The number of nitrogens with one attached hydrogen (secondary N) is 2. The van der Waals surface area contributed by atoms with Crippen LogP contribution in [0.5, 0.6) is 0 Å². The van der Waals surface area contributed by atoms with Gasteiger partial charge in [0.2, 0.25) is 11.8 Å². The number of anilines is 1. The molecule has 2 aromatic heterocycles. The number of carbonyl (C=O) groups is 2. The molecule has 0 radical (unpaired) electrons. The third-order valence-electron chi connectivity index (χ3n) is 7.18. The lowest BCUT2D eigenvalue weighted by atomic mass is 9.76. The van der Waals surface area contributed by atoms with Crippen LogP contribution >= 0.6 is 0 Å². The number of hydrogen-bond donors (Lipinski definition) is 2. The number of aromatic nitrogens is 3. The summed E-state index contributed by atoms with van der Waals surface area (Å²) in [5.41, 5.74) is 6.65. The summed E-state index contributed by atoms with van der Waals surface area (Å²) < 4.78 is 0. The fourth-order valence-electron chi connectivity index (χ4n) is 5.27. The van der Waals surface area contributed by atoms with Crippen LogP contribution in [0.25, 0.3) is 22.3 Å². The molecule has 5 rings (SSSR count). The van der Waals surface area contributed by atoms with Crippen molar-refractivity contribution in [1.82, 2.24) is 20.1 Å². The van der Waals surface area contributed by atoms with Gasteiger partial charge in [0.25, 0.3) is 0 Å². The van der Waals surface area contributed by atoms with Gasteiger partial charge in [0.1, 0.15) is 11.7 Å². The molecule has 1 aliphatic heterocycles. The van der Waals surface area contributed by atoms with Gasteiger partial charge in [-0.15, -0.1) is 0 Å². The molecule has 1 atom stereocenters. The maximum Gasteiger partial charge on any atom is 0.249 e. The molecular weight excluding hydrogens is 402 g/mol. The summed E-state index contributed by atoms with van der Waals surface area (Å²) >= 11 is 0. The van der Waals surface area contributed by atoms with Crippen LogP contribution in [-0.4, -0.2) is 51.5 Å². The number of H-pyrrole nitrogens is 2. The molecule has 2 amide bonds. The second kappa shape index (κ2) is 7.50. The molecule has 168 valence electrons. The quantitative estimate of drug-likeness (QED) is 0.654. The highest BCUT2D eigenvalue weighted by molar-refractivity contribution is 6.00. The highest BCUT2D eigenvalue weighted by Crippen LogP contribution is 2.38. The van der Waals surface area contributed by atoms with Gasteiger partial charge in [-0.3, -0.25) is 14.7 Å². The van der Waals surface area contributed by atoms with Gasteiger partial charge in [-0.1, -0.05) is 19.9 Å². The van der Waals surface area contributed by atoms with Crippen molar-refractivity contribution >= 4 is 28.4 Å². The highest BCUT2D eigenvalue weighted by atomic mass is 16.2. The van der Waals surface area contributed by atoms with Crippen molar-refractivity contribution in [1.29, 1.82) is 0 Å². The molecule has 1 aromatic carbocycles. The molecule has 0 saturated carbocycles. The highest BCUT2D eigenvalue weighted by Gasteiger charge is 2.34. The Labute approximate surface area is 188 Å². The van der Waals surface area contributed by atoms with Gasteiger partial charge in [-0.05, 0) is 55.7 Å². The number of amides is 2. The number of carbonyl (C=O) groups excluding carboxylic acids is 2. The van der Waals surface area contributed by atoms with Crippen molar-refractivity contribution in [2.45, 2.75) is 58.9 Å². The van der Waals surface area contributed by atoms with E-state index in [1.54, 1.807) is 16.8 Å². The molecular formula is C25H31N5O2. The average Bonchev–Trinajstić information content (AvgIpc) is 3.48. The van der Waals surface area contributed by atoms with Gasteiger partial charge in [0, 0.05) is 48.4 Å². The predicted octanol–water partition coefficient (Wildman–Crippen LogP) is 4.05. The van der Waals surface area contributed by atoms with Crippen LogP contribution in [0.1, 0.15) is 51.3 Å². The minimum atomic E-state index is -0.368. The first-order chi connectivity index (χ1) is 15.2. The predicted molar refractivity (Wildman–Crippen MR) is 126 cm³/mol. The molecule has 1 aliphatic carbocycles. The van der Waals surface area contributed by atoms with Gasteiger partial charge >= 0.3 is 0 Å². The second-order valence-corrected chi connectivity index (χ2v) is 10.1. The molecule has 1 saturated heterocycles. The Bertz CT molecular complexity index is 1200. The third kappa shape index (κ3) is 3.49. The molecule has 3 heterocycles. The first kappa shape index (κ1) is 20.8. The number of aromatic amines is 2. The van der Waals surface area contributed by atoms with Crippen LogP contribution in [-0.2, 0) is 22.4 Å². The Morgan fingerprint density at radius 1 is 1.25 bits per heavy atom. The zero-order valence-electron chi connectivity index (χ0n) is 19.3. The maximum atomic E-state index is 13.1. The smallest absolute Gasteiger partial charge is 0.249 e. The normalized spacial score (nSPS) is 19.9. The second-order valence-electron chi connectivity index (χ2n) is 10.1. The van der Waals surface area contributed by atoms with Crippen molar-refractivity contribution in [2.24, 2.45) is 5.41 Å². The topological polar surface area (TPSA) is 85.1 Å². The first-order valence-corrected chi connectivity index (χ1v) is 11.5. The van der Waals surface area contributed by atoms with Crippen molar-refractivity contribution < 1.29 is 9.59 Å².